The first kappa shape index (κ1) is 14.1. The number of esters is 1. The van der Waals surface area contributed by atoms with Crippen molar-refractivity contribution >= 4 is 11.8 Å². The first-order valence-electron chi connectivity index (χ1n) is 8.30. The predicted molar refractivity (Wildman–Crippen MR) is 76.1 cm³/mol. The maximum Gasteiger partial charge on any atom is 0.305 e. The van der Waals surface area contributed by atoms with E-state index in [0.717, 1.165) is 43.4 Å². The highest BCUT2D eigenvalue weighted by atomic mass is 16.5. The monoisotopic (exact) mass is 278 g/mol. The second-order valence-corrected chi connectivity index (χ2v) is 7.34. The Balaban J connectivity index is 1.53. The van der Waals surface area contributed by atoms with Crippen LogP contribution in [0.1, 0.15) is 64.7 Å². The molecule has 4 rings (SSSR count). The molecule has 0 saturated heterocycles. The van der Waals surface area contributed by atoms with Gasteiger partial charge in [-0.15, -0.1) is 0 Å². The molecule has 0 radical (unpaired) electrons. The molecule has 4 bridgehead atoms. The Morgan fingerprint density at radius 1 is 1.00 bits per heavy atom. The zero-order valence-electron chi connectivity index (χ0n) is 12.5. The number of carbonyl (C=O) groups excluding carboxylic acids is 2. The Bertz CT molecular complexity index is 364. The lowest BCUT2D eigenvalue weighted by atomic mass is 9.48. The van der Waals surface area contributed by atoms with Gasteiger partial charge in [0, 0.05) is 18.3 Å². The van der Waals surface area contributed by atoms with Gasteiger partial charge in [0.05, 0.1) is 6.61 Å². The van der Waals surface area contributed by atoms with Crippen LogP contribution in [0.3, 0.4) is 0 Å². The number of hydrogen-bond acceptors (Lipinski definition) is 3. The Kier molecular flexibility index (Phi) is 3.87. The Labute approximate surface area is 121 Å². The Morgan fingerprint density at radius 3 is 2.05 bits per heavy atom. The molecule has 0 atom stereocenters. The van der Waals surface area contributed by atoms with E-state index in [2.05, 4.69) is 0 Å². The van der Waals surface area contributed by atoms with Gasteiger partial charge in [0.15, 0.2) is 0 Å². The summed E-state index contributed by atoms with van der Waals surface area (Å²) in [5.74, 6) is 2.61. The average Bonchev–Trinajstić information content (AvgIpc) is 2.37. The van der Waals surface area contributed by atoms with Crippen molar-refractivity contribution in [3.05, 3.63) is 0 Å². The van der Waals surface area contributed by atoms with Gasteiger partial charge in [0.2, 0.25) is 0 Å². The maximum absolute atomic E-state index is 12.6. The molecule has 0 amide bonds. The molecule has 20 heavy (non-hydrogen) atoms. The molecule has 0 aliphatic heterocycles. The van der Waals surface area contributed by atoms with E-state index in [0.29, 0.717) is 25.2 Å². The van der Waals surface area contributed by atoms with E-state index in [1.807, 2.05) is 6.92 Å². The van der Waals surface area contributed by atoms with Gasteiger partial charge in [-0.2, -0.15) is 0 Å². The molecule has 4 fully saturated rings. The van der Waals surface area contributed by atoms with E-state index in [9.17, 15) is 9.59 Å². The van der Waals surface area contributed by atoms with Crippen LogP contribution < -0.4 is 0 Å². The fourth-order valence-electron chi connectivity index (χ4n) is 5.25. The first-order chi connectivity index (χ1) is 9.61. The molecular formula is C17H26O3. The van der Waals surface area contributed by atoms with E-state index < -0.39 is 0 Å². The van der Waals surface area contributed by atoms with E-state index in [4.69, 9.17) is 4.74 Å². The van der Waals surface area contributed by atoms with Crippen molar-refractivity contribution < 1.29 is 14.3 Å². The van der Waals surface area contributed by atoms with Crippen LogP contribution in [-0.4, -0.2) is 18.4 Å². The van der Waals surface area contributed by atoms with Crippen molar-refractivity contribution in [3.63, 3.8) is 0 Å². The molecular weight excluding hydrogens is 252 g/mol. The summed E-state index contributed by atoms with van der Waals surface area (Å²) < 4.78 is 5.16. The fourth-order valence-corrected chi connectivity index (χ4v) is 5.25. The van der Waals surface area contributed by atoms with Gasteiger partial charge in [-0.05, 0) is 62.7 Å². The van der Waals surface area contributed by atoms with Crippen molar-refractivity contribution in [2.45, 2.75) is 64.7 Å². The van der Waals surface area contributed by atoms with Gasteiger partial charge in [-0.25, -0.2) is 0 Å². The summed E-state index contributed by atoms with van der Waals surface area (Å²) in [6, 6.07) is 0. The highest BCUT2D eigenvalue weighted by Crippen LogP contribution is 2.60. The molecule has 0 aromatic carbocycles. The maximum atomic E-state index is 12.6. The molecule has 4 saturated carbocycles. The summed E-state index contributed by atoms with van der Waals surface area (Å²) in [6.07, 6.45) is 9.12. The minimum Gasteiger partial charge on any atom is -0.465 e. The van der Waals surface area contributed by atoms with Crippen LogP contribution in [0, 0.1) is 23.2 Å². The smallest absolute Gasteiger partial charge is 0.305 e. The molecule has 0 N–H and O–H groups in total. The van der Waals surface area contributed by atoms with E-state index >= 15 is 0 Å². The van der Waals surface area contributed by atoms with Crippen LogP contribution in [0.25, 0.3) is 0 Å². The molecule has 0 spiro atoms. The van der Waals surface area contributed by atoms with E-state index in [-0.39, 0.29) is 11.4 Å². The number of carbonyl (C=O) groups is 2. The number of ketones is 1. The quantitative estimate of drug-likeness (QED) is 0.698. The summed E-state index contributed by atoms with van der Waals surface area (Å²) in [6.45, 7) is 2.25. The molecule has 4 aliphatic carbocycles. The molecule has 3 heteroatoms. The molecule has 0 unspecified atom stereocenters. The first-order valence-corrected chi connectivity index (χ1v) is 8.30. The average molecular weight is 278 g/mol. The normalized spacial score (nSPS) is 38.0. The standard InChI is InChI=1S/C17H26O3/c1-2-3-16(19)20-5-4-15(18)17-9-12-6-13(10-17)8-14(7-12)11-17/h12-14H,2-11H2,1H3. The van der Waals surface area contributed by atoms with Crippen molar-refractivity contribution in [1.29, 1.82) is 0 Å². The lowest BCUT2D eigenvalue weighted by molar-refractivity contribution is -0.149. The van der Waals surface area contributed by atoms with Crippen LogP contribution in [0.15, 0.2) is 0 Å². The second-order valence-electron chi connectivity index (χ2n) is 7.34. The van der Waals surface area contributed by atoms with Gasteiger partial charge in [0.1, 0.15) is 5.78 Å². The van der Waals surface area contributed by atoms with Gasteiger partial charge in [0.25, 0.3) is 0 Å². The summed E-state index contributed by atoms with van der Waals surface area (Å²) >= 11 is 0. The fraction of sp³-hybridized carbons (Fsp3) is 0.882. The van der Waals surface area contributed by atoms with Crippen LogP contribution >= 0.6 is 0 Å². The number of ether oxygens (including phenoxy) is 1. The van der Waals surface area contributed by atoms with Gasteiger partial charge in [-0.3, -0.25) is 9.59 Å². The van der Waals surface area contributed by atoms with Crippen LogP contribution in [0.5, 0.6) is 0 Å². The van der Waals surface area contributed by atoms with Gasteiger partial charge < -0.3 is 4.74 Å². The molecule has 4 aliphatic rings. The summed E-state index contributed by atoms with van der Waals surface area (Å²) in [7, 11) is 0. The van der Waals surface area contributed by atoms with Gasteiger partial charge >= 0.3 is 5.97 Å². The molecule has 0 aromatic heterocycles. The summed E-state index contributed by atoms with van der Waals surface area (Å²) in [5, 5.41) is 0. The highest BCUT2D eigenvalue weighted by Gasteiger charge is 2.53. The van der Waals surface area contributed by atoms with Crippen LogP contribution in [-0.2, 0) is 14.3 Å². The lowest BCUT2D eigenvalue weighted by Gasteiger charge is -2.56. The molecule has 0 aromatic rings. The van der Waals surface area contributed by atoms with Crippen molar-refractivity contribution in [3.8, 4) is 0 Å². The Morgan fingerprint density at radius 2 is 1.55 bits per heavy atom. The summed E-state index contributed by atoms with van der Waals surface area (Å²) in [5.41, 5.74) is -0.0358. The van der Waals surface area contributed by atoms with Gasteiger partial charge in [-0.1, -0.05) is 6.92 Å². The molecule has 112 valence electrons. The molecule has 3 nitrogen and oxygen atoms in total. The van der Waals surface area contributed by atoms with E-state index in [1.54, 1.807) is 0 Å². The largest absolute Gasteiger partial charge is 0.465 e. The molecule has 0 heterocycles. The van der Waals surface area contributed by atoms with Crippen molar-refractivity contribution in [2.75, 3.05) is 6.61 Å². The van der Waals surface area contributed by atoms with E-state index in [1.165, 1.54) is 19.3 Å². The number of hydrogen-bond donors (Lipinski definition) is 0. The minimum atomic E-state index is -0.161. The zero-order valence-corrected chi connectivity index (χ0v) is 12.5. The Hall–Kier alpha value is -0.860. The second kappa shape index (κ2) is 5.50. The van der Waals surface area contributed by atoms with Crippen LogP contribution in [0.4, 0.5) is 0 Å². The summed E-state index contributed by atoms with van der Waals surface area (Å²) in [4.78, 5) is 24.0. The third-order valence-corrected chi connectivity index (χ3v) is 5.68. The van der Waals surface area contributed by atoms with Crippen molar-refractivity contribution in [2.24, 2.45) is 23.2 Å². The highest BCUT2D eigenvalue weighted by molar-refractivity contribution is 5.85. The zero-order chi connectivity index (χ0) is 14.2. The minimum absolute atomic E-state index is 0.0358. The van der Waals surface area contributed by atoms with Crippen molar-refractivity contribution in [1.82, 2.24) is 0 Å². The predicted octanol–water partition coefficient (Wildman–Crippen LogP) is 3.51. The third kappa shape index (κ3) is 2.64. The van der Waals surface area contributed by atoms with Crippen LogP contribution in [0.2, 0.25) is 0 Å². The number of Topliss-reactive ketones (excluding diaryl/α,β-unsaturated/α-hetero) is 1. The lowest BCUT2D eigenvalue weighted by Crippen LogP contribution is -2.50. The number of rotatable bonds is 6. The SMILES string of the molecule is CCCC(=O)OCCC(=O)C12CC3CC(CC(C3)C1)C2. The topological polar surface area (TPSA) is 43.4 Å². The third-order valence-electron chi connectivity index (χ3n) is 5.68.